The molecule has 0 aliphatic carbocycles. The van der Waals surface area contributed by atoms with E-state index in [0.717, 1.165) is 18.8 Å². The van der Waals surface area contributed by atoms with Gasteiger partial charge in [0.05, 0.1) is 11.9 Å². The van der Waals surface area contributed by atoms with E-state index in [4.69, 9.17) is 23.2 Å². The quantitative estimate of drug-likeness (QED) is 0.874. The first-order valence-corrected chi connectivity index (χ1v) is 7.77. The number of aromatic nitrogens is 1. The smallest absolute Gasteiger partial charge is 0.274 e. The van der Waals surface area contributed by atoms with Gasteiger partial charge in [-0.2, -0.15) is 0 Å². The van der Waals surface area contributed by atoms with Gasteiger partial charge in [0, 0.05) is 28.8 Å². The summed E-state index contributed by atoms with van der Waals surface area (Å²) in [5.74, 6) is -0.301. The normalized spacial score (nSPS) is 10.4. The molecule has 1 N–H and O–H groups in total. The topological polar surface area (TPSA) is 45.2 Å². The lowest BCUT2D eigenvalue weighted by molar-refractivity contribution is 0.102. The molecule has 0 fully saturated rings. The summed E-state index contributed by atoms with van der Waals surface area (Å²) in [4.78, 5) is 18.6. The number of benzene rings is 1. The van der Waals surface area contributed by atoms with Gasteiger partial charge in [-0.25, -0.2) is 4.98 Å². The van der Waals surface area contributed by atoms with Crippen molar-refractivity contribution in [2.45, 2.75) is 13.8 Å². The molecular weight excluding hydrogens is 321 g/mol. The van der Waals surface area contributed by atoms with Gasteiger partial charge in [-0.1, -0.05) is 23.2 Å². The monoisotopic (exact) mass is 337 g/mol. The maximum atomic E-state index is 12.2. The Morgan fingerprint density at radius 2 is 1.77 bits per heavy atom. The molecule has 116 valence electrons. The highest BCUT2D eigenvalue weighted by atomic mass is 35.5. The number of pyridine rings is 1. The fourth-order valence-electron chi connectivity index (χ4n) is 2.12. The van der Waals surface area contributed by atoms with Gasteiger partial charge in [0.15, 0.2) is 0 Å². The Morgan fingerprint density at radius 1 is 1.14 bits per heavy atom. The highest BCUT2D eigenvalue weighted by Crippen LogP contribution is 2.23. The van der Waals surface area contributed by atoms with E-state index in [9.17, 15) is 4.79 Å². The van der Waals surface area contributed by atoms with Crippen molar-refractivity contribution < 1.29 is 4.79 Å². The summed E-state index contributed by atoms with van der Waals surface area (Å²) in [6.07, 6.45) is 1.70. The van der Waals surface area contributed by atoms with Gasteiger partial charge in [-0.15, -0.1) is 0 Å². The summed E-state index contributed by atoms with van der Waals surface area (Å²) < 4.78 is 0. The van der Waals surface area contributed by atoms with E-state index >= 15 is 0 Å². The van der Waals surface area contributed by atoms with Crippen molar-refractivity contribution in [1.29, 1.82) is 0 Å². The zero-order valence-electron chi connectivity index (χ0n) is 12.4. The second-order valence-corrected chi connectivity index (χ2v) is 5.56. The van der Waals surface area contributed by atoms with Crippen molar-refractivity contribution in [3.05, 3.63) is 52.3 Å². The molecule has 1 aromatic heterocycles. The van der Waals surface area contributed by atoms with Gasteiger partial charge in [0.25, 0.3) is 5.91 Å². The second kappa shape index (κ2) is 7.47. The Bertz CT molecular complexity index is 635. The molecule has 0 saturated heterocycles. The third-order valence-corrected chi connectivity index (χ3v) is 3.67. The Morgan fingerprint density at radius 3 is 2.27 bits per heavy atom. The predicted molar refractivity (Wildman–Crippen MR) is 92.2 cm³/mol. The highest BCUT2D eigenvalue weighted by molar-refractivity contribution is 6.35. The number of nitrogens with zero attached hydrogens (tertiary/aromatic N) is 2. The van der Waals surface area contributed by atoms with E-state index in [1.54, 1.807) is 30.5 Å². The van der Waals surface area contributed by atoms with E-state index in [-0.39, 0.29) is 5.91 Å². The first-order valence-electron chi connectivity index (χ1n) is 7.02. The molecule has 0 atom stereocenters. The number of carbonyl (C=O) groups is 1. The van der Waals surface area contributed by atoms with Crippen LogP contribution in [0.4, 0.5) is 11.4 Å². The van der Waals surface area contributed by atoms with Crippen LogP contribution < -0.4 is 10.2 Å². The first kappa shape index (κ1) is 16.6. The van der Waals surface area contributed by atoms with Crippen molar-refractivity contribution in [1.82, 2.24) is 4.98 Å². The molecule has 0 spiro atoms. The molecule has 4 nitrogen and oxygen atoms in total. The number of halogens is 2. The van der Waals surface area contributed by atoms with Crippen LogP contribution >= 0.6 is 23.2 Å². The van der Waals surface area contributed by atoms with E-state index < -0.39 is 0 Å². The molecule has 6 heteroatoms. The van der Waals surface area contributed by atoms with Crippen molar-refractivity contribution in [3.63, 3.8) is 0 Å². The standard InChI is InChI=1S/C16H17Cl2N3O/c1-3-21(4-2)14-5-6-15(19-10-14)16(22)20-13-8-11(17)7-12(18)9-13/h5-10H,3-4H2,1-2H3,(H,20,22). The Kier molecular flexibility index (Phi) is 5.63. The molecular formula is C16H17Cl2N3O. The molecule has 0 aliphatic heterocycles. The molecule has 0 unspecified atom stereocenters. The maximum absolute atomic E-state index is 12.2. The van der Waals surface area contributed by atoms with Crippen LogP contribution in [0.25, 0.3) is 0 Å². The summed E-state index contributed by atoms with van der Waals surface area (Å²) >= 11 is 11.8. The Hall–Kier alpha value is -1.78. The van der Waals surface area contributed by atoms with Gasteiger partial charge in [0.2, 0.25) is 0 Å². The number of hydrogen-bond acceptors (Lipinski definition) is 3. The molecule has 2 aromatic rings. The van der Waals surface area contributed by atoms with Crippen molar-refractivity contribution in [2.75, 3.05) is 23.3 Å². The Labute approximate surface area is 140 Å². The lowest BCUT2D eigenvalue weighted by Crippen LogP contribution is -2.22. The average Bonchev–Trinajstić information content (AvgIpc) is 2.48. The molecule has 1 aromatic carbocycles. The summed E-state index contributed by atoms with van der Waals surface area (Å²) in [6.45, 7) is 5.94. The molecule has 0 radical (unpaired) electrons. The fraction of sp³-hybridized carbons (Fsp3) is 0.250. The number of hydrogen-bond donors (Lipinski definition) is 1. The lowest BCUT2D eigenvalue weighted by Gasteiger charge is -2.20. The SMILES string of the molecule is CCN(CC)c1ccc(C(=O)Nc2cc(Cl)cc(Cl)c2)nc1. The minimum Gasteiger partial charge on any atom is -0.371 e. The minimum absolute atomic E-state index is 0.301. The van der Waals surface area contributed by atoms with Gasteiger partial charge in [0.1, 0.15) is 5.69 Å². The second-order valence-electron chi connectivity index (χ2n) is 4.69. The number of carbonyl (C=O) groups excluding carboxylic acids is 1. The summed E-state index contributed by atoms with van der Waals surface area (Å²) in [5, 5.41) is 3.66. The van der Waals surface area contributed by atoms with Crippen LogP contribution in [0.3, 0.4) is 0 Å². The maximum Gasteiger partial charge on any atom is 0.274 e. The predicted octanol–water partition coefficient (Wildman–Crippen LogP) is 4.49. The molecule has 0 bridgehead atoms. The van der Waals surface area contributed by atoms with Crippen molar-refractivity contribution >= 4 is 40.5 Å². The average molecular weight is 338 g/mol. The van der Waals surface area contributed by atoms with Gasteiger partial charge in [-0.05, 0) is 44.2 Å². The number of anilines is 2. The van der Waals surface area contributed by atoms with E-state index in [2.05, 4.69) is 29.0 Å². The van der Waals surface area contributed by atoms with Crippen LogP contribution in [0, 0.1) is 0 Å². The lowest BCUT2D eigenvalue weighted by atomic mass is 10.2. The van der Waals surface area contributed by atoms with Gasteiger partial charge < -0.3 is 10.2 Å². The summed E-state index contributed by atoms with van der Waals surface area (Å²) in [6, 6.07) is 8.47. The zero-order valence-corrected chi connectivity index (χ0v) is 13.9. The van der Waals surface area contributed by atoms with Crippen LogP contribution in [0.2, 0.25) is 10.0 Å². The third-order valence-electron chi connectivity index (χ3n) is 3.23. The number of amides is 1. The molecule has 0 saturated carbocycles. The van der Waals surface area contributed by atoms with Gasteiger partial charge in [-0.3, -0.25) is 4.79 Å². The van der Waals surface area contributed by atoms with E-state index in [1.165, 1.54) is 0 Å². The van der Waals surface area contributed by atoms with E-state index in [0.29, 0.717) is 21.4 Å². The number of nitrogens with one attached hydrogen (secondary N) is 1. The first-order chi connectivity index (χ1) is 10.5. The van der Waals surface area contributed by atoms with Crippen LogP contribution in [-0.2, 0) is 0 Å². The summed E-state index contributed by atoms with van der Waals surface area (Å²) in [7, 11) is 0. The molecule has 1 heterocycles. The Balaban J connectivity index is 2.12. The number of rotatable bonds is 5. The van der Waals surface area contributed by atoms with Crippen LogP contribution in [0.15, 0.2) is 36.5 Å². The molecule has 2 rings (SSSR count). The third kappa shape index (κ3) is 4.12. The van der Waals surface area contributed by atoms with Gasteiger partial charge >= 0.3 is 0 Å². The van der Waals surface area contributed by atoms with Crippen LogP contribution in [-0.4, -0.2) is 24.0 Å². The molecule has 22 heavy (non-hydrogen) atoms. The van der Waals surface area contributed by atoms with Crippen molar-refractivity contribution in [3.8, 4) is 0 Å². The van der Waals surface area contributed by atoms with Crippen LogP contribution in [0.1, 0.15) is 24.3 Å². The van der Waals surface area contributed by atoms with Crippen molar-refractivity contribution in [2.24, 2.45) is 0 Å². The van der Waals surface area contributed by atoms with E-state index in [1.807, 2.05) is 6.07 Å². The molecule has 0 aliphatic rings. The highest BCUT2D eigenvalue weighted by Gasteiger charge is 2.10. The molecule has 1 amide bonds. The van der Waals surface area contributed by atoms with Crippen LogP contribution in [0.5, 0.6) is 0 Å². The minimum atomic E-state index is -0.301. The zero-order chi connectivity index (χ0) is 16.1. The summed E-state index contributed by atoms with van der Waals surface area (Å²) in [5.41, 5.74) is 1.87. The largest absolute Gasteiger partial charge is 0.371 e. The fourth-order valence-corrected chi connectivity index (χ4v) is 2.64.